The molecule has 21 heavy (non-hydrogen) atoms. The van der Waals surface area contributed by atoms with Crippen LogP contribution in [0.4, 0.5) is 0 Å². The first-order chi connectivity index (χ1) is 10.2. The molecular weight excluding hydrogens is 266 g/mol. The van der Waals surface area contributed by atoms with E-state index in [1.165, 1.54) is 6.42 Å². The van der Waals surface area contributed by atoms with Gasteiger partial charge in [-0.05, 0) is 38.1 Å². The Morgan fingerprint density at radius 3 is 2.71 bits per heavy atom. The van der Waals surface area contributed by atoms with Crippen molar-refractivity contribution in [3.05, 3.63) is 35.9 Å². The van der Waals surface area contributed by atoms with E-state index in [9.17, 15) is 9.59 Å². The van der Waals surface area contributed by atoms with Crippen LogP contribution < -0.4 is 10.6 Å². The summed E-state index contributed by atoms with van der Waals surface area (Å²) in [5.74, 6) is -0.357. The maximum Gasteiger partial charge on any atom is 0.251 e. The number of nitrogens with one attached hydrogen (secondary N) is 2. The van der Waals surface area contributed by atoms with Crippen molar-refractivity contribution in [3.63, 3.8) is 0 Å². The lowest BCUT2D eigenvalue weighted by Crippen LogP contribution is -2.43. The molecule has 1 unspecified atom stereocenters. The van der Waals surface area contributed by atoms with Crippen LogP contribution in [-0.4, -0.2) is 48.9 Å². The maximum absolute atomic E-state index is 11.8. The highest BCUT2D eigenvalue weighted by Crippen LogP contribution is 2.15. The summed E-state index contributed by atoms with van der Waals surface area (Å²) in [5.41, 5.74) is 0.568. The van der Waals surface area contributed by atoms with Gasteiger partial charge >= 0.3 is 0 Å². The zero-order chi connectivity index (χ0) is 15.1. The first-order valence-electron chi connectivity index (χ1n) is 7.54. The number of likely N-dealkylation sites (tertiary alicyclic amines) is 1. The second kappa shape index (κ2) is 7.78. The van der Waals surface area contributed by atoms with Crippen LogP contribution in [0.3, 0.4) is 0 Å². The van der Waals surface area contributed by atoms with Crippen molar-refractivity contribution < 1.29 is 9.59 Å². The van der Waals surface area contributed by atoms with Gasteiger partial charge in [0.2, 0.25) is 5.91 Å². The van der Waals surface area contributed by atoms with E-state index in [0.717, 1.165) is 19.5 Å². The predicted molar refractivity (Wildman–Crippen MR) is 82.1 cm³/mol. The number of rotatable bonds is 6. The summed E-state index contributed by atoms with van der Waals surface area (Å²) in [6, 6.07) is 9.34. The molecule has 114 valence electrons. The fourth-order valence-electron chi connectivity index (χ4n) is 2.69. The fourth-order valence-corrected chi connectivity index (χ4v) is 2.69. The quantitative estimate of drug-likeness (QED) is 0.822. The Balaban J connectivity index is 1.69. The molecule has 1 atom stereocenters. The molecule has 0 spiro atoms. The summed E-state index contributed by atoms with van der Waals surface area (Å²) in [5, 5.41) is 5.54. The van der Waals surface area contributed by atoms with E-state index < -0.39 is 0 Å². The van der Waals surface area contributed by atoms with Crippen molar-refractivity contribution in [2.24, 2.45) is 0 Å². The molecular formula is C16H23N3O2. The molecule has 2 rings (SSSR count). The zero-order valence-electron chi connectivity index (χ0n) is 12.5. The van der Waals surface area contributed by atoms with E-state index in [4.69, 9.17) is 0 Å². The molecule has 2 amide bonds. The minimum Gasteiger partial charge on any atom is -0.353 e. The smallest absolute Gasteiger partial charge is 0.251 e. The number of carbonyl (C=O) groups excluding carboxylic acids is 2. The third-order valence-electron chi connectivity index (χ3n) is 3.89. The first-order valence-corrected chi connectivity index (χ1v) is 7.54. The molecule has 0 radical (unpaired) electrons. The molecule has 0 aromatic heterocycles. The molecule has 1 aromatic carbocycles. The molecule has 2 N–H and O–H groups in total. The van der Waals surface area contributed by atoms with Gasteiger partial charge in [0.15, 0.2) is 0 Å². The largest absolute Gasteiger partial charge is 0.353 e. The topological polar surface area (TPSA) is 61.4 Å². The number of amides is 2. The Kier molecular flexibility index (Phi) is 5.75. The average molecular weight is 289 g/mol. The van der Waals surface area contributed by atoms with Gasteiger partial charge in [-0.2, -0.15) is 0 Å². The maximum atomic E-state index is 11.8. The normalized spacial score (nSPS) is 18.4. The van der Waals surface area contributed by atoms with Crippen LogP contribution in [0, 0.1) is 0 Å². The molecule has 0 aliphatic carbocycles. The molecule has 1 heterocycles. The van der Waals surface area contributed by atoms with Crippen molar-refractivity contribution in [2.75, 3.05) is 26.2 Å². The monoisotopic (exact) mass is 289 g/mol. The Labute approximate surface area is 125 Å². The van der Waals surface area contributed by atoms with Crippen LogP contribution in [0.5, 0.6) is 0 Å². The number of likely N-dealkylation sites (N-methyl/N-ethyl adjacent to an activating group) is 1. The SMILES string of the molecule is CCN1CCCC1CNC(=O)CNC(=O)c1ccccc1. The lowest BCUT2D eigenvalue weighted by Gasteiger charge is -2.22. The minimum absolute atomic E-state index is 0.0204. The number of carbonyl (C=O) groups is 2. The second-order valence-electron chi connectivity index (χ2n) is 5.28. The summed E-state index contributed by atoms with van der Waals surface area (Å²) < 4.78 is 0. The standard InChI is InChI=1S/C16H23N3O2/c1-2-19-10-6-9-14(19)11-17-15(20)12-18-16(21)13-7-4-3-5-8-13/h3-5,7-8,14H,2,6,9-12H2,1H3,(H,17,20)(H,18,21). The summed E-state index contributed by atoms with van der Waals surface area (Å²) in [7, 11) is 0. The average Bonchev–Trinajstić information content (AvgIpc) is 2.99. The third-order valence-corrected chi connectivity index (χ3v) is 3.89. The summed E-state index contributed by atoms with van der Waals surface area (Å²) in [6.07, 6.45) is 2.32. The Morgan fingerprint density at radius 1 is 1.24 bits per heavy atom. The lowest BCUT2D eigenvalue weighted by molar-refractivity contribution is -0.120. The molecule has 5 heteroatoms. The molecule has 0 saturated carbocycles. The second-order valence-corrected chi connectivity index (χ2v) is 5.28. The van der Waals surface area contributed by atoms with E-state index in [0.29, 0.717) is 18.2 Å². The van der Waals surface area contributed by atoms with Crippen LogP contribution >= 0.6 is 0 Å². The van der Waals surface area contributed by atoms with Crippen LogP contribution in [0.25, 0.3) is 0 Å². The van der Waals surface area contributed by atoms with Crippen LogP contribution in [0.15, 0.2) is 30.3 Å². The summed E-state index contributed by atoms with van der Waals surface area (Å²) >= 11 is 0. The van der Waals surface area contributed by atoms with Crippen molar-refractivity contribution in [1.29, 1.82) is 0 Å². The predicted octanol–water partition coefficient (Wildman–Crippen LogP) is 1.02. The molecule has 1 aromatic rings. The van der Waals surface area contributed by atoms with E-state index in [1.54, 1.807) is 24.3 Å². The Hall–Kier alpha value is -1.88. The number of benzene rings is 1. The van der Waals surface area contributed by atoms with Gasteiger partial charge in [0.25, 0.3) is 5.91 Å². The molecule has 1 fully saturated rings. The highest BCUT2D eigenvalue weighted by atomic mass is 16.2. The van der Waals surface area contributed by atoms with Crippen molar-refractivity contribution in [3.8, 4) is 0 Å². The fraction of sp³-hybridized carbons (Fsp3) is 0.500. The Bertz CT molecular complexity index is 476. The molecule has 5 nitrogen and oxygen atoms in total. The van der Waals surface area contributed by atoms with Crippen LogP contribution in [-0.2, 0) is 4.79 Å². The van der Waals surface area contributed by atoms with E-state index in [-0.39, 0.29) is 18.4 Å². The number of nitrogens with zero attached hydrogens (tertiary/aromatic N) is 1. The van der Waals surface area contributed by atoms with Gasteiger partial charge in [-0.3, -0.25) is 14.5 Å². The molecule has 0 bridgehead atoms. The molecule has 1 aliphatic heterocycles. The van der Waals surface area contributed by atoms with Gasteiger partial charge in [0.1, 0.15) is 0 Å². The number of hydrogen-bond acceptors (Lipinski definition) is 3. The lowest BCUT2D eigenvalue weighted by atomic mass is 10.2. The number of hydrogen-bond donors (Lipinski definition) is 2. The molecule has 1 aliphatic rings. The van der Waals surface area contributed by atoms with Crippen molar-refractivity contribution in [2.45, 2.75) is 25.8 Å². The van der Waals surface area contributed by atoms with Gasteiger partial charge < -0.3 is 10.6 Å². The van der Waals surface area contributed by atoms with Crippen molar-refractivity contribution >= 4 is 11.8 Å². The van der Waals surface area contributed by atoms with Gasteiger partial charge in [-0.15, -0.1) is 0 Å². The van der Waals surface area contributed by atoms with Crippen LogP contribution in [0.1, 0.15) is 30.1 Å². The van der Waals surface area contributed by atoms with Gasteiger partial charge in [-0.1, -0.05) is 25.1 Å². The highest BCUT2D eigenvalue weighted by molar-refractivity contribution is 5.96. The van der Waals surface area contributed by atoms with E-state index in [1.807, 2.05) is 6.07 Å². The minimum atomic E-state index is -0.221. The highest BCUT2D eigenvalue weighted by Gasteiger charge is 2.23. The van der Waals surface area contributed by atoms with Gasteiger partial charge in [0.05, 0.1) is 6.54 Å². The summed E-state index contributed by atoms with van der Waals surface area (Å²) in [4.78, 5) is 26.0. The van der Waals surface area contributed by atoms with Crippen LogP contribution in [0.2, 0.25) is 0 Å². The third kappa shape index (κ3) is 4.56. The Morgan fingerprint density at radius 2 is 2.00 bits per heavy atom. The van der Waals surface area contributed by atoms with Gasteiger partial charge in [0, 0.05) is 18.2 Å². The van der Waals surface area contributed by atoms with Crippen molar-refractivity contribution in [1.82, 2.24) is 15.5 Å². The van der Waals surface area contributed by atoms with E-state index in [2.05, 4.69) is 22.5 Å². The first kappa shape index (κ1) is 15.5. The van der Waals surface area contributed by atoms with Gasteiger partial charge in [-0.25, -0.2) is 0 Å². The zero-order valence-corrected chi connectivity index (χ0v) is 12.5. The summed E-state index contributed by atoms with van der Waals surface area (Å²) in [6.45, 7) is 4.95. The van der Waals surface area contributed by atoms with E-state index >= 15 is 0 Å². The molecule has 1 saturated heterocycles.